The van der Waals surface area contributed by atoms with Gasteiger partial charge in [-0.3, -0.25) is 9.59 Å². The summed E-state index contributed by atoms with van der Waals surface area (Å²) in [6.45, 7) is 8.71. The number of fused-ring (bicyclic) bond motifs is 1. The second-order valence-electron chi connectivity index (χ2n) is 9.12. The number of hydrogen-bond donors (Lipinski definition) is 0. The highest BCUT2D eigenvalue weighted by molar-refractivity contribution is 5.99. The van der Waals surface area contributed by atoms with Gasteiger partial charge in [-0.15, -0.1) is 0 Å². The third kappa shape index (κ3) is 4.20. The molecule has 158 valence electrons. The number of Topliss-reactive ketones (excluding diaryl/α,β-unsaturated/α-hetero) is 1. The number of piperidine rings is 1. The Hall–Kier alpha value is -2.82. The maximum atomic E-state index is 13.0. The van der Waals surface area contributed by atoms with Crippen molar-refractivity contribution in [1.29, 1.82) is 0 Å². The molecule has 2 heterocycles. The number of carbonyl (C=O) groups is 2. The maximum absolute atomic E-state index is 13.0. The molecular formula is C25H29NO4. The number of benzene rings is 2. The smallest absolute Gasteiger partial charge is 0.253 e. The Morgan fingerprint density at radius 3 is 2.10 bits per heavy atom. The maximum Gasteiger partial charge on any atom is 0.253 e. The van der Waals surface area contributed by atoms with E-state index in [2.05, 4.69) is 20.8 Å². The normalized spacial score (nSPS) is 17.0. The summed E-state index contributed by atoms with van der Waals surface area (Å²) in [6, 6.07) is 13.3. The molecule has 0 N–H and O–H groups in total. The van der Waals surface area contributed by atoms with Crippen LogP contribution in [0.25, 0.3) is 0 Å². The number of rotatable bonds is 3. The van der Waals surface area contributed by atoms with Crippen molar-refractivity contribution in [2.24, 2.45) is 5.92 Å². The van der Waals surface area contributed by atoms with Gasteiger partial charge in [-0.2, -0.15) is 0 Å². The van der Waals surface area contributed by atoms with E-state index in [-0.39, 0.29) is 23.0 Å². The highest BCUT2D eigenvalue weighted by Crippen LogP contribution is 2.33. The molecule has 1 saturated heterocycles. The van der Waals surface area contributed by atoms with Crippen molar-refractivity contribution in [3.8, 4) is 11.5 Å². The van der Waals surface area contributed by atoms with Gasteiger partial charge in [0.05, 0.1) is 0 Å². The highest BCUT2D eigenvalue weighted by atomic mass is 16.6. The number of hydrogen-bond acceptors (Lipinski definition) is 4. The van der Waals surface area contributed by atoms with Crippen molar-refractivity contribution in [3.63, 3.8) is 0 Å². The summed E-state index contributed by atoms with van der Waals surface area (Å²) in [5.41, 5.74) is 2.64. The standard InChI is InChI=1S/C25H29NO4/c1-25(2,3)20-7-4-18(5-8-20)24(28)26-12-10-17(11-13-26)23(27)19-6-9-21-22(16-19)30-15-14-29-21/h4-9,16-17H,10-15H2,1-3H3. The summed E-state index contributed by atoms with van der Waals surface area (Å²) in [5, 5.41) is 0. The molecule has 5 heteroatoms. The van der Waals surface area contributed by atoms with Crippen molar-refractivity contribution in [2.45, 2.75) is 39.0 Å². The monoisotopic (exact) mass is 407 g/mol. The Balaban J connectivity index is 1.37. The van der Waals surface area contributed by atoms with E-state index in [1.165, 1.54) is 5.56 Å². The second-order valence-corrected chi connectivity index (χ2v) is 9.12. The van der Waals surface area contributed by atoms with Gasteiger partial charge in [0.25, 0.3) is 5.91 Å². The van der Waals surface area contributed by atoms with Crippen molar-refractivity contribution >= 4 is 11.7 Å². The molecule has 30 heavy (non-hydrogen) atoms. The molecule has 0 aliphatic carbocycles. The fourth-order valence-corrected chi connectivity index (χ4v) is 4.07. The summed E-state index contributed by atoms with van der Waals surface area (Å²) >= 11 is 0. The lowest BCUT2D eigenvalue weighted by molar-refractivity contribution is 0.0650. The molecule has 0 saturated carbocycles. The van der Waals surface area contributed by atoms with E-state index in [1.807, 2.05) is 41.3 Å². The molecular weight excluding hydrogens is 378 g/mol. The highest BCUT2D eigenvalue weighted by Gasteiger charge is 2.29. The minimum atomic E-state index is -0.0696. The van der Waals surface area contributed by atoms with E-state index in [9.17, 15) is 9.59 Å². The quantitative estimate of drug-likeness (QED) is 0.704. The first kappa shape index (κ1) is 20.5. The number of nitrogens with zero attached hydrogens (tertiary/aromatic N) is 1. The van der Waals surface area contributed by atoms with E-state index in [4.69, 9.17) is 9.47 Å². The Morgan fingerprint density at radius 2 is 1.47 bits per heavy atom. The molecule has 1 amide bonds. The Labute approximate surface area is 178 Å². The summed E-state index contributed by atoms with van der Waals surface area (Å²) in [7, 11) is 0. The van der Waals surface area contributed by atoms with Gasteiger partial charge in [-0.25, -0.2) is 0 Å². The van der Waals surface area contributed by atoms with Crippen molar-refractivity contribution in [3.05, 3.63) is 59.2 Å². The van der Waals surface area contributed by atoms with E-state index in [0.29, 0.717) is 61.8 Å². The number of ketones is 1. The molecule has 0 spiro atoms. The summed E-state index contributed by atoms with van der Waals surface area (Å²) in [6.07, 6.45) is 1.36. The molecule has 0 unspecified atom stereocenters. The number of carbonyl (C=O) groups excluding carboxylic acids is 2. The molecule has 2 aromatic rings. The minimum Gasteiger partial charge on any atom is -0.486 e. The van der Waals surface area contributed by atoms with Crippen LogP contribution in [0.4, 0.5) is 0 Å². The zero-order valence-electron chi connectivity index (χ0n) is 17.9. The number of likely N-dealkylation sites (tertiary alicyclic amines) is 1. The molecule has 2 aliphatic heterocycles. The van der Waals surface area contributed by atoms with E-state index < -0.39 is 0 Å². The van der Waals surface area contributed by atoms with Gasteiger partial charge in [0.1, 0.15) is 13.2 Å². The van der Waals surface area contributed by atoms with E-state index in [0.717, 1.165) is 0 Å². The van der Waals surface area contributed by atoms with Gasteiger partial charge in [0, 0.05) is 30.1 Å². The van der Waals surface area contributed by atoms with Crippen LogP contribution in [0.1, 0.15) is 59.9 Å². The third-order valence-corrected chi connectivity index (χ3v) is 5.98. The SMILES string of the molecule is CC(C)(C)c1ccc(C(=O)N2CCC(C(=O)c3ccc4c(c3)OCCO4)CC2)cc1. The van der Waals surface area contributed by atoms with Crippen LogP contribution in [-0.4, -0.2) is 42.9 Å². The number of amides is 1. The topological polar surface area (TPSA) is 55.8 Å². The fourth-order valence-electron chi connectivity index (χ4n) is 4.07. The first-order chi connectivity index (χ1) is 14.3. The second kappa shape index (κ2) is 8.13. The molecule has 5 nitrogen and oxygen atoms in total. The van der Waals surface area contributed by atoms with Crippen LogP contribution in [0.5, 0.6) is 11.5 Å². The summed E-state index contributed by atoms with van der Waals surface area (Å²) in [4.78, 5) is 27.7. The zero-order chi connectivity index (χ0) is 21.3. The van der Waals surface area contributed by atoms with Gasteiger partial charge < -0.3 is 14.4 Å². The largest absolute Gasteiger partial charge is 0.486 e. The van der Waals surface area contributed by atoms with Crippen LogP contribution >= 0.6 is 0 Å². The number of ether oxygens (including phenoxy) is 2. The first-order valence-corrected chi connectivity index (χ1v) is 10.7. The van der Waals surface area contributed by atoms with E-state index in [1.54, 1.807) is 6.07 Å². The van der Waals surface area contributed by atoms with Crippen LogP contribution in [0.3, 0.4) is 0 Å². The Kier molecular flexibility index (Phi) is 5.54. The molecule has 4 rings (SSSR count). The first-order valence-electron chi connectivity index (χ1n) is 10.7. The van der Waals surface area contributed by atoms with Crippen molar-refractivity contribution in [2.75, 3.05) is 26.3 Å². The molecule has 2 aliphatic rings. The average molecular weight is 408 g/mol. The van der Waals surface area contributed by atoms with Gasteiger partial charge in [0.15, 0.2) is 17.3 Å². The lowest BCUT2D eigenvalue weighted by Crippen LogP contribution is -2.40. The molecule has 0 aromatic heterocycles. The lowest BCUT2D eigenvalue weighted by Gasteiger charge is -2.31. The predicted octanol–water partition coefficient (Wildman–Crippen LogP) is 4.49. The molecule has 0 bridgehead atoms. The summed E-state index contributed by atoms with van der Waals surface area (Å²) < 4.78 is 11.1. The average Bonchev–Trinajstić information content (AvgIpc) is 2.77. The fraction of sp³-hybridized carbons (Fsp3) is 0.440. The Morgan fingerprint density at radius 1 is 0.867 bits per heavy atom. The van der Waals surface area contributed by atoms with Gasteiger partial charge >= 0.3 is 0 Å². The Bertz CT molecular complexity index is 935. The molecule has 1 fully saturated rings. The van der Waals surface area contributed by atoms with Crippen LogP contribution in [-0.2, 0) is 5.41 Å². The van der Waals surface area contributed by atoms with Gasteiger partial charge in [0.2, 0.25) is 0 Å². The zero-order valence-corrected chi connectivity index (χ0v) is 17.9. The van der Waals surface area contributed by atoms with Crippen molar-refractivity contribution < 1.29 is 19.1 Å². The van der Waals surface area contributed by atoms with Crippen molar-refractivity contribution in [1.82, 2.24) is 4.90 Å². The summed E-state index contributed by atoms with van der Waals surface area (Å²) in [5.74, 6) is 1.42. The molecule has 0 radical (unpaired) electrons. The predicted molar refractivity (Wildman–Crippen MR) is 116 cm³/mol. The molecule has 2 aromatic carbocycles. The van der Waals surface area contributed by atoms with Crippen LogP contribution in [0.2, 0.25) is 0 Å². The third-order valence-electron chi connectivity index (χ3n) is 5.98. The van der Waals surface area contributed by atoms with Crippen LogP contribution in [0.15, 0.2) is 42.5 Å². The van der Waals surface area contributed by atoms with E-state index >= 15 is 0 Å². The van der Waals surface area contributed by atoms with Gasteiger partial charge in [-0.05, 0) is 54.2 Å². The van der Waals surface area contributed by atoms with Gasteiger partial charge in [-0.1, -0.05) is 32.9 Å². The minimum absolute atomic E-state index is 0.0423. The molecule has 0 atom stereocenters. The van der Waals surface area contributed by atoms with Crippen LogP contribution in [0, 0.1) is 5.92 Å². The lowest BCUT2D eigenvalue weighted by atomic mass is 9.86. The van der Waals surface area contributed by atoms with Crippen LogP contribution < -0.4 is 9.47 Å².